The largest absolute Gasteiger partial charge is 0.378 e. The highest BCUT2D eigenvalue weighted by Gasteiger charge is 2.38. The van der Waals surface area contributed by atoms with Gasteiger partial charge < -0.3 is 25.6 Å². The van der Waals surface area contributed by atoms with E-state index < -0.39 is 9.84 Å². The Morgan fingerprint density at radius 1 is 1.31 bits per heavy atom. The number of nitrogens with one attached hydrogen (secondary N) is 1. The van der Waals surface area contributed by atoms with Crippen LogP contribution >= 0.6 is 0 Å². The predicted molar refractivity (Wildman–Crippen MR) is 173 cm³/mol. The van der Waals surface area contributed by atoms with Crippen LogP contribution in [-0.2, 0) is 14.6 Å². The molecule has 11 heteroatoms. The van der Waals surface area contributed by atoms with Gasteiger partial charge >= 0.3 is 0 Å². The first-order valence-corrected chi connectivity index (χ1v) is 16.8. The summed E-state index contributed by atoms with van der Waals surface area (Å²) in [5.41, 5.74) is 10.2. The van der Waals surface area contributed by atoms with Crippen molar-refractivity contribution in [3.05, 3.63) is 46.9 Å². The third kappa shape index (κ3) is 7.12. The highest BCUT2D eigenvalue weighted by molar-refractivity contribution is 7.90. The quantitative estimate of drug-likeness (QED) is 0.346. The van der Waals surface area contributed by atoms with Gasteiger partial charge in [-0.2, -0.15) is 4.98 Å². The molecule has 0 saturated carbocycles. The highest BCUT2D eigenvalue weighted by atomic mass is 32.2. The van der Waals surface area contributed by atoms with E-state index in [1.54, 1.807) is 13.3 Å². The number of hydrogen-bond donors (Lipinski definition) is 2. The van der Waals surface area contributed by atoms with Crippen LogP contribution in [0.2, 0.25) is 0 Å². The fraction of sp³-hybridized carbons (Fsp3) is 0.581. The second-order valence-electron chi connectivity index (χ2n) is 12.1. The Kier molecular flexibility index (Phi) is 9.95. The molecule has 10 nitrogen and oxygen atoms in total. The smallest absolute Gasteiger partial charge is 0.227 e. The van der Waals surface area contributed by atoms with Crippen LogP contribution in [0.15, 0.2) is 35.2 Å². The maximum atomic E-state index is 11.9. The number of benzene rings is 1. The van der Waals surface area contributed by atoms with E-state index in [4.69, 9.17) is 15.5 Å². The summed E-state index contributed by atoms with van der Waals surface area (Å²) in [6.07, 6.45) is 7.69. The second-order valence-corrected chi connectivity index (χ2v) is 14.3. The van der Waals surface area contributed by atoms with Crippen molar-refractivity contribution in [3.63, 3.8) is 0 Å². The lowest BCUT2D eigenvalue weighted by Crippen LogP contribution is -2.57. The number of ether oxygens (including phenoxy) is 1. The third-order valence-corrected chi connectivity index (χ3v) is 9.95. The van der Waals surface area contributed by atoms with Gasteiger partial charge in [-0.15, -0.1) is 0 Å². The van der Waals surface area contributed by atoms with Gasteiger partial charge in [-0.3, -0.25) is 0 Å². The summed E-state index contributed by atoms with van der Waals surface area (Å²) in [5.74, 6) is 2.54. The van der Waals surface area contributed by atoms with Crippen LogP contribution in [0.25, 0.3) is 6.08 Å². The van der Waals surface area contributed by atoms with E-state index in [1.807, 2.05) is 12.1 Å². The van der Waals surface area contributed by atoms with E-state index in [2.05, 4.69) is 71.6 Å². The number of nitrogens with two attached hydrogens (primary N) is 1. The van der Waals surface area contributed by atoms with Gasteiger partial charge in [0.05, 0.1) is 11.4 Å². The van der Waals surface area contributed by atoms with Crippen molar-refractivity contribution in [1.29, 1.82) is 0 Å². The number of rotatable bonds is 12. The lowest BCUT2D eigenvalue weighted by Gasteiger charge is -2.48. The van der Waals surface area contributed by atoms with Crippen molar-refractivity contribution in [2.45, 2.75) is 64.5 Å². The molecule has 2 saturated heterocycles. The number of hydrogen-bond acceptors (Lipinski definition) is 10. The highest BCUT2D eigenvalue weighted by Crippen LogP contribution is 2.38. The Morgan fingerprint density at radius 2 is 2.02 bits per heavy atom. The van der Waals surface area contributed by atoms with Crippen molar-refractivity contribution in [1.82, 2.24) is 9.97 Å². The topological polar surface area (TPSA) is 126 Å². The Bertz CT molecular complexity index is 1400. The van der Waals surface area contributed by atoms with Crippen LogP contribution in [0.5, 0.6) is 0 Å². The lowest BCUT2D eigenvalue weighted by molar-refractivity contribution is -0.0341. The third-order valence-electron chi connectivity index (χ3n) is 8.91. The number of aliphatic imine (C=N–C) groups is 1. The maximum absolute atomic E-state index is 11.9. The minimum atomic E-state index is -3.01. The van der Waals surface area contributed by atoms with Crippen LogP contribution in [-0.4, -0.2) is 82.0 Å². The number of nitrogens with zero attached hydrogens (tertiary/aromatic N) is 5. The monoisotopic (exact) mass is 597 g/mol. The summed E-state index contributed by atoms with van der Waals surface area (Å²) >= 11 is 0. The van der Waals surface area contributed by atoms with Crippen molar-refractivity contribution < 1.29 is 13.2 Å². The standard InChI is InChI=1S/C31H47N7O3S/c1-21(2)25-8-9-27(38-19-24(23(38)4)20-42(7,39)40)22(3)26(25)18-29(33-5)35-28-10-15-34-30(36-28)37-16-12-31(41-6,11-14-32)13-17-37/h8-10,15,18,21,23-24H,5,11-14,16-17,19-20,32H2,1-4,6-7H3,(H,34,35,36)/b29-18+/t23-,24-/m1/s1. The average molecular weight is 598 g/mol. The molecule has 1 aromatic carbocycles. The molecule has 0 amide bonds. The van der Waals surface area contributed by atoms with Gasteiger partial charge in [0.1, 0.15) is 21.5 Å². The van der Waals surface area contributed by atoms with Gasteiger partial charge in [-0.25, -0.2) is 18.4 Å². The second kappa shape index (κ2) is 13.1. The zero-order valence-electron chi connectivity index (χ0n) is 25.9. The molecule has 3 heterocycles. The lowest BCUT2D eigenvalue weighted by atomic mass is 9.87. The number of anilines is 3. The summed E-state index contributed by atoms with van der Waals surface area (Å²) in [4.78, 5) is 18.1. The molecule has 0 spiro atoms. The van der Waals surface area contributed by atoms with Crippen molar-refractivity contribution in [3.8, 4) is 0 Å². The molecule has 2 aromatic rings. The molecule has 2 atom stereocenters. The van der Waals surface area contributed by atoms with Crippen LogP contribution in [0.1, 0.15) is 62.6 Å². The van der Waals surface area contributed by atoms with Gasteiger partial charge in [0, 0.05) is 56.8 Å². The van der Waals surface area contributed by atoms with Gasteiger partial charge in [0.25, 0.3) is 0 Å². The maximum Gasteiger partial charge on any atom is 0.227 e. The Morgan fingerprint density at radius 3 is 2.60 bits per heavy atom. The molecule has 2 aliphatic rings. The van der Waals surface area contributed by atoms with E-state index >= 15 is 0 Å². The Balaban J connectivity index is 1.56. The predicted octanol–water partition coefficient (Wildman–Crippen LogP) is 4.22. The van der Waals surface area contributed by atoms with E-state index in [9.17, 15) is 8.42 Å². The van der Waals surface area contributed by atoms with Crippen molar-refractivity contribution >= 4 is 40.1 Å². The fourth-order valence-corrected chi connectivity index (χ4v) is 7.39. The molecule has 0 aliphatic carbocycles. The molecular formula is C31H47N7O3S. The first-order valence-electron chi connectivity index (χ1n) is 14.8. The van der Waals surface area contributed by atoms with Crippen LogP contribution < -0.4 is 20.9 Å². The molecule has 42 heavy (non-hydrogen) atoms. The van der Waals surface area contributed by atoms with Gasteiger partial charge in [-0.1, -0.05) is 19.9 Å². The zero-order chi connectivity index (χ0) is 30.7. The molecule has 0 radical (unpaired) electrons. The van der Waals surface area contributed by atoms with Gasteiger partial charge in [-0.05, 0) is 87.2 Å². The first kappa shape index (κ1) is 31.9. The number of methoxy groups -OCH3 is 1. The average Bonchev–Trinajstić information content (AvgIpc) is 2.95. The van der Waals surface area contributed by atoms with E-state index in [0.717, 1.165) is 55.7 Å². The van der Waals surface area contributed by atoms with Crippen molar-refractivity contribution in [2.75, 3.05) is 60.4 Å². The minimum Gasteiger partial charge on any atom is -0.378 e. The molecule has 0 unspecified atom stereocenters. The molecule has 1 aromatic heterocycles. The summed E-state index contributed by atoms with van der Waals surface area (Å²) < 4.78 is 29.6. The van der Waals surface area contributed by atoms with E-state index in [1.165, 1.54) is 11.8 Å². The molecule has 2 aliphatic heterocycles. The Hall–Kier alpha value is -3.02. The number of aromatic nitrogens is 2. The van der Waals surface area contributed by atoms with E-state index in [-0.39, 0.29) is 23.3 Å². The molecular weight excluding hydrogens is 550 g/mol. The van der Waals surface area contributed by atoms with Crippen LogP contribution in [0.3, 0.4) is 0 Å². The number of piperidine rings is 1. The number of sulfone groups is 1. The SMILES string of the molecule is C=N/C(=C\c1c(C(C)C)ccc(N2C[C@H](CS(C)(=O)=O)[C@H]2C)c1C)Nc1ccnc(N2CCC(CCN)(OC)CC2)n1. The van der Waals surface area contributed by atoms with Crippen molar-refractivity contribution in [2.24, 2.45) is 16.6 Å². The van der Waals surface area contributed by atoms with Gasteiger partial charge in [0.15, 0.2) is 0 Å². The summed E-state index contributed by atoms with van der Waals surface area (Å²) in [6, 6.07) is 6.30. The van der Waals surface area contributed by atoms with Crippen LogP contribution in [0.4, 0.5) is 17.5 Å². The minimum absolute atomic E-state index is 0.133. The zero-order valence-corrected chi connectivity index (χ0v) is 26.7. The van der Waals surface area contributed by atoms with Gasteiger partial charge in [0.2, 0.25) is 5.95 Å². The molecule has 3 N–H and O–H groups in total. The normalized spacial score (nSPS) is 20.9. The summed E-state index contributed by atoms with van der Waals surface area (Å²) in [5, 5.41) is 3.35. The Labute approximate surface area is 251 Å². The summed E-state index contributed by atoms with van der Waals surface area (Å²) in [6.45, 7) is 15.3. The first-order chi connectivity index (χ1) is 19.9. The summed E-state index contributed by atoms with van der Waals surface area (Å²) in [7, 11) is -1.25. The molecule has 2 fully saturated rings. The fourth-order valence-electron chi connectivity index (χ4n) is 6.22. The molecule has 230 valence electrons. The molecule has 0 bridgehead atoms. The molecule has 4 rings (SSSR count). The van der Waals surface area contributed by atoms with E-state index in [0.29, 0.717) is 30.0 Å². The van der Waals surface area contributed by atoms with Crippen LogP contribution in [0, 0.1) is 12.8 Å².